The van der Waals surface area contributed by atoms with Crippen LogP contribution in [0.15, 0.2) is 10.2 Å². The number of likely N-dealkylation sites (tertiary alicyclic amines) is 2. The Morgan fingerprint density at radius 2 is 1.87 bits per heavy atom. The first kappa shape index (κ1) is 16.4. The lowest BCUT2D eigenvalue weighted by Crippen LogP contribution is -2.56. The summed E-state index contributed by atoms with van der Waals surface area (Å²) in [6.45, 7) is 3.00. The van der Waals surface area contributed by atoms with E-state index in [1.165, 1.54) is 25.8 Å². The zero-order valence-corrected chi connectivity index (χ0v) is 14.3. The summed E-state index contributed by atoms with van der Waals surface area (Å²) in [6.07, 6.45) is 14.2. The lowest BCUT2D eigenvalue weighted by atomic mass is 9.79. The summed E-state index contributed by atoms with van der Waals surface area (Å²) in [5, 5.41) is 8.24. The normalized spacial score (nSPS) is 25.3. The van der Waals surface area contributed by atoms with Crippen molar-refractivity contribution in [3.8, 4) is 12.3 Å². The molecule has 3 aliphatic heterocycles. The number of hydrogen-bond donors (Lipinski definition) is 0. The third kappa shape index (κ3) is 3.58. The van der Waals surface area contributed by atoms with Gasteiger partial charge in [-0.3, -0.25) is 4.79 Å². The molecule has 23 heavy (non-hydrogen) atoms. The molecule has 5 heteroatoms. The zero-order chi connectivity index (χ0) is 16.3. The maximum Gasteiger partial charge on any atom is 0.222 e. The van der Waals surface area contributed by atoms with Crippen LogP contribution in [0.4, 0.5) is 0 Å². The number of rotatable bonds is 5. The topological polar surface area (TPSA) is 48.3 Å². The monoisotopic (exact) mass is 316 g/mol. The average Bonchev–Trinajstić information content (AvgIpc) is 3.35. The standard InChI is InChI=1S/C18H28N4O/c1-3-4-9-18(19-20-18)10-7-16(23)22-14-11-17(12-15-22)8-5-6-13-21(17)2/h1H,4-15H2,2H3. The highest BCUT2D eigenvalue weighted by molar-refractivity contribution is 5.76. The van der Waals surface area contributed by atoms with Gasteiger partial charge < -0.3 is 9.80 Å². The number of carbonyl (C=O) groups excluding carboxylic acids is 1. The largest absolute Gasteiger partial charge is 0.343 e. The Bertz CT molecular complexity index is 508. The lowest BCUT2D eigenvalue weighted by Gasteiger charge is -2.50. The van der Waals surface area contributed by atoms with Crippen molar-refractivity contribution in [2.24, 2.45) is 10.2 Å². The summed E-state index contributed by atoms with van der Waals surface area (Å²) in [5.74, 6) is 2.89. The molecule has 3 rings (SSSR count). The minimum absolute atomic E-state index is 0.260. The van der Waals surface area contributed by atoms with Gasteiger partial charge in [-0.1, -0.05) is 6.42 Å². The third-order valence-corrected chi connectivity index (χ3v) is 6.03. The van der Waals surface area contributed by atoms with Gasteiger partial charge in [-0.05, 0) is 39.3 Å². The van der Waals surface area contributed by atoms with E-state index in [4.69, 9.17) is 6.42 Å². The van der Waals surface area contributed by atoms with Gasteiger partial charge in [0.25, 0.3) is 0 Å². The van der Waals surface area contributed by atoms with Gasteiger partial charge >= 0.3 is 0 Å². The smallest absolute Gasteiger partial charge is 0.222 e. The molecule has 1 amide bonds. The van der Waals surface area contributed by atoms with Crippen molar-refractivity contribution < 1.29 is 4.79 Å². The highest BCUT2D eigenvalue weighted by Crippen LogP contribution is 2.39. The van der Waals surface area contributed by atoms with Crippen LogP contribution in [0.2, 0.25) is 0 Å². The molecule has 126 valence electrons. The molecule has 5 nitrogen and oxygen atoms in total. The Kier molecular flexibility index (Phi) is 4.72. The molecule has 1 spiro atoms. The van der Waals surface area contributed by atoms with E-state index in [2.05, 4.69) is 28.1 Å². The summed E-state index contributed by atoms with van der Waals surface area (Å²) in [7, 11) is 2.25. The maximum atomic E-state index is 12.5. The van der Waals surface area contributed by atoms with Crippen molar-refractivity contribution >= 4 is 5.91 Å². The second-order valence-corrected chi connectivity index (χ2v) is 7.37. The van der Waals surface area contributed by atoms with Crippen molar-refractivity contribution in [1.82, 2.24) is 9.80 Å². The van der Waals surface area contributed by atoms with Gasteiger partial charge in [0.05, 0.1) is 0 Å². The number of hydrogen-bond acceptors (Lipinski definition) is 4. The van der Waals surface area contributed by atoms with Crippen LogP contribution in [0.3, 0.4) is 0 Å². The SMILES string of the molecule is C#CCCC1(CCC(=O)N2CCC3(CCCCN3C)CC2)N=N1. The molecule has 2 fully saturated rings. The number of piperidine rings is 2. The van der Waals surface area contributed by atoms with Gasteiger partial charge in [-0.25, -0.2) is 0 Å². The number of amides is 1. The van der Waals surface area contributed by atoms with Crippen LogP contribution in [0, 0.1) is 12.3 Å². The van der Waals surface area contributed by atoms with Crippen LogP contribution in [0.1, 0.15) is 57.8 Å². The van der Waals surface area contributed by atoms with Crippen molar-refractivity contribution in [3.63, 3.8) is 0 Å². The van der Waals surface area contributed by atoms with Gasteiger partial charge in [0.1, 0.15) is 0 Å². The van der Waals surface area contributed by atoms with Crippen LogP contribution in [-0.4, -0.2) is 53.6 Å². The maximum absolute atomic E-state index is 12.5. The molecule has 3 heterocycles. The summed E-state index contributed by atoms with van der Waals surface area (Å²) in [5.41, 5.74) is 0.0207. The fraction of sp³-hybridized carbons (Fsp3) is 0.833. The highest BCUT2D eigenvalue weighted by atomic mass is 16.2. The Hall–Kier alpha value is -1.41. The number of carbonyl (C=O) groups is 1. The number of terminal acetylenes is 1. The Morgan fingerprint density at radius 1 is 1.13 bits per heavy atom. The molecule has 0 saturated carbocycles. The van der Waals surface area contributed by atoms with Crippen LogP contribution in [-0.2, 0) is 4.79 Å². The van der Waals surface area contributed by atoms with Crippen molar-refractivity contribution in [1.29, 1.82) is 0 Å². The van der Waals surface area contributed by atoms with E-state index in [0.717, 1.165) is 38.8 Å². The highest BCUT2D eigenvalue weighted by Gasteiger charge is 2.42. The first-order chi connectivity index (χ1) is 11.1. The van der Waals surface area contributed by atoms with Crippen LogP contribution in [0.25, 0.3) is 0 Å². The van der Waals surface area contributed by atoms with Crippen LogP contribution >= 0.6 is 0 Å². The van der Waals surface area contributed by atoms with Gasteiger partial charge in [0, 0.05) is 44.3 Å². The van der Waals surface area contributed by atoms with E-state index in [9.17, 15) is 4.79 Å². The predicted molar refractivity (Wildman–Crippen MR) is 89.9 cm³/mol. The predicted octanol–water partition coefficient (Wildman–Crippen LogP) is 2.82. The summed E-state index contributed by atoms with van der Waals surface area (Å²) in [4.78, 5) is 17.1. The van der Waals surface area contributed by atoms with Gasteiger partial charge in [0.2, 0.25) is 5.91 Å². The Balaban J connectivity index is 1.44. The molecular formula is C18H28N4O. The number of nitrogens with zero attached hydrogens (tertiary/aromatic N) is 4. The molecular weight excluding hydrogens is 288 g/mol. The molecule has 0 atom stereocenters. The Labute approximate surface area is 139 Å². The fourth-order valence-electron chi connectivity index (χ4n) is 4.17. The van der Waals surface area contributed by atoms with Crippen molar-refractivity contribution in [2.45, 2.75) is 69.0 Å². The third-order valence-electron chi connectivity index (χ3n) is 6.03. The van der Waals surface area contributed by atoms with E-state index in [0.29, 0.717) is 18.4 Å². The van der Waals surface area contributed by atoms with Crippen molar-refractivity contribution in [2.75, 3.05) is 26.7 Å². The summed E-state index contributed by atoms with van der Waals surface area (Å²) < 4.78 is 0. The fourth-order valence-corrected chi connectivity index (χ4v) is 4.17. The van der Waals surface area contributed by atoms with Crippen LogP contribution in [0.5, 0.6) is 0 Å². The second-order valence-electron chi connectivity index (χ2n) is 7.37. The van der Waals surface area contributed by atoms with Crippen LogP contribution < -0.4 is 0 Å². The van der Waals surface area contributed by atoms with Gasteiger partial charge in [-0.15, -0.1) is 12.3 Å². The molecule has 0 N–H and O–H groups in total. The molecule has 0 radical (unpaired) electrons. The van der Waals surface area contributed by atoms with E-state index in [1.807, 2.05) is 4.90 Å². The van der Waals surface area contributed by atoms with E-state index < -0.39 is 0 Å². The zero-order valence-electron chi connectivity index (χ0n) is 14.3. The van der Waals surface area contributed by atoms with E-state index in [1.54, 1.807) is 0 Å². The van der Waals surface area contributed by atoms with E-state index in [-0.39, 0.29) is 11.6 Å². The minimum atomic E-state index is -0.331. The quantitative estimate of drug-likeness (QED) is 0.732. The molecule has 0 aliphatic carbocycles. The first-order valence-electron chi connectivity index (χ1n) is 8.96. The van der Waals surface area contributed by atoms with Gasteiger partial charge in [-0.2, -0.15) is 10.2 Å². The van der Waals surface area contributed by atoms with Crippen molar-refractivity contribution in [3.05, 3.63) is 0 Å². The molecule has 0 bridgehead atoms. The molecule has 0 unspecified atom stereocenters. The summed E-state index contributed by atoms with van der Waals surface area (Å²) >= 11 is 0. The molecule has 0 aromatic carbocycles. The van der Waals surface area contributed by atoms with E-state index >= 15 is 0 Å². The first-order valence-corrected chi connectivity index (χ1v) is 8.96. The molecule has 2 saturated heterocycles. The molecule has 0 aromatic heterocycles. The lowest BCUT2D eigenvalue weighted by molar-refractivity contribution is -0.134. The van der Waals surface area contributed by atoms with Gasteiger partial charge in [0.15, 0.2) is 5.66 Å². The minimum Gasteiger partial charge on any atom is -0.343 e. The average molecular weight is 316 g/mol. The summed E-state index contributed by atoms with van der Waals surface area (Å²) in [6, 6.07) is 0. The molecule has 3 aliphatic rings. The second kappa shape index (κ2) is 6.60. The Morgan fingerprint density at radius 3 is 2.48 bits per heavy atom. The molecule has 0 aromatic rings.